The molecule has 0 spiro atoms. The number of piperidine rings is 1. The Balaban J connectivity index is 0.778. The van der Waals surface area contributed by atoms with Crippen molar-refractivity contribution in [3.05, 3.63) is 11.1 Å². The molecule has 4 saturated carbocycles. The third-order valence-electron chi connectivity index (χ3n) is 15.7. The molecular formula is C46H76N4O5. The molecule has 2 N–H and O–H groups in total. The van der Waals surface area contributed by atoms with Crippen molar-refractivity contribution >= 4 is 17.7 Å². The second-order valence-corrected chi connectivity index (χ2v) is 19.2. The topological polar surface area (TPSA) is 102 Å². The van der Waals surface area contributed by atoms with Crippen LogP contribution in [0.15, 0.2) is 11.1 Å². The second-order valence-electron chi connectivity index (χ2n) is 19.2. The molecule has 3 saturated heterocycles. The summed E-state index contributed by atoms with van der Waals surface area (Å²) in [5.74, 6) is 3.01. The molecule has 9 heteroatoms. The van der Waals surface area contributed by atoms with Gasteiger partial charge in [-0.05, 0) is 146 Å². The molecule has 0 aromatic rings. The number of ether oxygens (including phenoxy) is 1. The molecule has 4 aliphatic carbocycles. The first kappa shape index (κ1) is 41.4. The summed E-state index contributed by atoms with van der Waals surface area (Å²) in [6.07, 6.45) is 25.6. The minimum Gasteiger partial charge on any atom is -0.393 e. The highest BCUT2D eigenvalue weighted by molar-refractivity contribution is 6.02. The van der Waals surface area contributed by atoms with Crippen molar-refractivity contribution in [3.63, 3.8) is 0 Å². The maximum absolute atomic E-state index is 13.2. The molecule has 0 aromatic carbocycles. The molecule has 7 aliphatic rings. The summed E-state index contributed by atoms with van der Waals surface area (Å²) >= 11 is 0. The standard InChI is InChI=1S/C46H76N4O5/c1-3-40(34-10-5-4-6-11-34)44(35-13-17-38(51)18-14-35)36-15-19-39(20-16-36)55-31-32(2)49-27-25-48(26-28-49)24-8-7-9-33-12-21-41-37(29-33)30-50(46(41)54)42-22-23-43(52)47-45(42)53/h32-39,41-42,51H,3-31H2,1-2H3,(H,47,52,53)/b44-40-. The highest BCUT2D eigenvalue weighted by Gasteiger charge is 2.48. The molecule has 0 aromatic heterocycles. The third-order valence-corrected chi connectivity index (χ3v) is 15.7. The molecule has 9 nitrogen and oxygen atoms in total. The smallest absolute Gasteiger partial charge is 0.249 e. The fraction of sp³-hybridized carbons (Fsp3) is 0.891. The van der Waals surface area contributed by atoms with Crippen LogP contribution >= 0.6 is 0 Å². The SMILES string of the molecule is CC/C(=C(\C1CCC(O)CC1)C1CCC(OCC(C)N2CCN(CCCCC3CCC4C(=O)N(C5CCC(=O)NC5=O)CC4C3)CC2)CC1)C1CCCCC1. The van der Waals surface area contributed by atoms with E-state index < -0.39 is 6.04 Å². The molecule has 3 heterocycles. The monoisotopic (exact) mass is 765 g/mol. The number of aliphatic hydroxyl groups excluding tert-OH is 1. The molecule has 3 aliphatic heterocycles. The quantitative estimate of drug-likeness (QED) is 0.109. The third kappa shape index (κ3) is 10.4. The number of unbranched alkanes of at least 4 members (excludes halogenated alkanes) is 1. The highest BCUT2D eigenvalue weighted by Crippen LogP contribution is 2.46. The zero-order chi connectivity index (χ0) is 38.3. The number of aliphatic hydroxyl groups is 1. The molecule has 0 radical (unpaired) electrons. The number of carbonyl (C=O) groups is 3. The zero-order valence-corrected chi connectivity index (χ0v) is 34.7. The van der Waals surface area contributed by atoms with Crippen molar-refractivity contribution in [1.29, 1.82) is 0 Å². The lowest BCUT2D eigenvalue weighted by Gasteiger charge is -2.40. The van der Waals surface area contributed by atoms with Gasteiger partial charge in [0.15, 0.2) is 0 Å². The number of rotatable bonds is 14. The number of nitrogens with one attached hydrogen (secondary N) is 1. The van der Waals surface area contributed by atoms with E-state index in [1.165, 1.54) is 103 Å². The Bertz CT molecular complexity index is 1310. The van der Waals surface area contributed by atoms with Gasteiger partial charge in [0, 0.05) is 51.1 Å². The summed E-state index contributed by atoms with van der Waals surface area (Å²) in [6, 6.07) is 0.00525. The van der Waals surface area contributed by atoms with Gasteiger partial charge in [0.2, 0.25) is 17.7 Å². The van der Waals surface area contributed by atoms with E-state index in [-0.39, 0.29) is 29.7 Å². The summed E-state index contributed by atoms with van der Waals surface area (Å²) < 4.78 is 6.67. The number of allylic oxidation sites excluding steroid dienone is 2. The van der Waals surface area contributed by atoms with Crippen molar-refractivity contribution in [2.45, 2.75) is 179 Å². The molecular weight excluding hydrogens is 689 g/mol. The summed E-state index contributed by atoms with van der Waals surface area (Å²) in [5.41, 5.74) is 3.70. The van der Waals surface area contributed by atoms with E-state index in [1.807, 2.05) is 11.1 Å². The molecule has 310 valence electrons. The lowest BCUT2D eigenvalue weighted by atomic mass is 9.68. The highest BCUT2D eigenvalue weighted by atomic mass is 16.5. The van der Waals surface area contributed by atoms with Gasteiger partial charge in [0.25, 0.3) is 0 Å². The van der Waals surface area contributed by atoms with Gasteiger partial charge in [-0.2, -0.15) is 0 Å². The van der Waals surface area contributed by atoms with Gasteiger partial charge in [-0.3, -0.25) is 24.6 Å². The Morgan fingerprint density at radius 1 is 0.818 bits per heavy atom. The van der Waals surface area contributed by atoms with Crippen LogP contribution < -0.4 is 5.32 Å². The average Bonchev–Trinajstić information content (AvgIpc) is 3.53. The van der Waals surface area contributed by atoms with Crippen molar-refractivity contribution in [2.24, 2.45) is 35.5 Å². The largest absolute Gasteiger partial charge is 0.393 e. The van der Waals surface area contributed by atoms with Gasteiger partial charge in [0.05, 0.1) is 18.8 Å². The van der Waals surface area contributed by atoms with Crippen molar-refractivity contribution in [3.8, 4) is 0 Å². The molecule has 3 amide bonds. The Kier molecular flexibility index (Phi) is 14.9. The van der Waals surface area contributed by atoms with E-state index in [0.29, 0.717) is 49.3 Å². The predicted molar refractivity (Wildman–Crippen MR) is 217 cm³/mol. The summed E-state index contributed by atoms with van der Waals surface area (Å²) in [5, 5.41) is 12.7. The van der Waals surface area contributed by atoms with Crippen molar-refractivity contribution < 1.29 is 24.2 Å². The molecule has 7 fully saturated rings. The van der Waals surface area contributed by atoms with Gasteiger partial charge in [-0.25, -0.2) is 0 Å². The maximum atomic E-state index is 13.2. The number of fused-ring (bicyclic) bond motifs is 1. The Labute approximate surface area is 333 Å². The number of carbonyl (C=O) groups excluding carboxylic acids is 3. The second kappa shape index (κ2) is 19.8. The Hall–Kier alpha value is -1.81. The van der Waals surface area contributed by atoms with Crippen LogP contribution in [0.3, 0.4) is 0 Å². The lowest BCUT2D eigenvalue weighted by molar-refractivity contribution is -0.144. The number of likely N-dealkylation sites (tertiary alicyclic amines) is 1. The molecule has 0 bridgehead atoms. The number of hydrogen-bond acceptors (Lipinski definition) is 7. The van der Waals surface area contributed by atoms with E-state index in [0.717, 1.165) is 76.7 Å². The number of piperazine rings is 1. The number of amides is 3. The summed E-state index contributed by atoms with van der Waals surface area (Å²) in [4.78, 5) is 44.3. The van der Waals surface area contributed by atoms with Crippen molar-refractivity contribution in [2.75, 3.05) is 45.9 Å². The average molecular weight is 765 g/mol. The van der Waals surface area contributed by atoms with Crippen LogP contribution in [-0.4, -0.2) is 108 Å². The lowest BCUT2D eigenvalue weighted by Crippen LogP contribution is -2.53. The first-order chi connectivity index (χ1) is 26.8. The maximum Gasteiger partial charge on any atom is 0.249 e. The fourth-order valence-corrected chi connectivity index (χ4v) is 12.5. The van der Waals surface area contributed by atoms with E-state index in [4.69, 9.17) is 4.74 Å². The van der Waals surface area contributed by atoms with Gasteiger partial charge < -0.3 is 19.6 Å². The summed E-state index contributed by atoms with van der Waals surface area (Å²) in [7, 11) is 0. The van der Waals surface area contributed by atoms with E-state index in [1.54, 1.807) is 4.90 Å². The number of hydrogen-bond donors (Lipinski definition) is 2. The van der Waals surface area contributed by atoms with E-state index in [9.17, 15) is 19.5 Å². The minimum absolute atomic E-state index is 0.0735. The number of nitrogens with zero attached hydrogens (tertiary/aromatic N) is 3. The predicted octanol–water partition coefficient (Wildman–Crippen LogP) is 7.26. The van der Waals surface area contributed by atoms with Gasteiger partial charge in [-0.15, -0.1) is 0 Å². The van der Waals surface area contributed by atoms with Crippen LogP contribution in [0.25, 0.3) is 0 Å². The van der Waals surface area contributed by atoms with Crippen molar-refractivity contribution in [1.82, 2.24) is 20.0 Å². The Morgan fingerprint density at radius 3 is 2.22 bits per heavy atom. The van der Waals surface area contributed by atoms with Crippen LogP contribution in [0.5, 0.6) is 0 Å². The normalized spacial score (nSPS) is 35.7. The van der Waals surface area contributed by atoms with Crippen LogP contribution in [0.4, 0.5) is 0 Å². The first-order valence-electron chi connectivity index (χ1n) is 23.4. The van der Waals surface area contributed by atoms with Gasteiger partial charge in [-0.1, -0.05) is 50.2 Å². The Morgan fingerprint density at radius 2 is 1.53 bits per heavy atom. The number of imide groups is 1. The molecule has 7 rings (SSSR count). The molecule has 55 heavy (non-hydrogen) atoms. The van der Waals surface area contributed by atoms with Crippen LogP contribution in [0.2, 0.25) is 0 Å². The van der Waals surface area contributed by atoms with Gasteiger partial charge >= 0.3 is 0 Å². The van der Waals surface area contributed by atoms with Crippen LogP contribution in [-0.2, 0) is 19.1 Å². The van der Waals surface area contributed by atoms with Crippen LogP contribution in [0.1, 0.15) is 155 Å². The van der Waals surface area contributed by atoms with E-state index >= 15 is 0 Å². The molecule has 5 atom stereocenters. The molecule has 5 unspecified atom stereocenters. The van der Waals surface area contributed by atoms with Crippen LogP contribution in [0, 0.1) is 35.5 Å². The summed E-state index contributed by atoms with van der Waals surface area (Å²) in [6.45, 7) is 12.1. The minimum atomic E-state index is -0.458. The van der Waals surface area contributed by atoms with E-state index in [2.05, 4.69) is 29.0 Å². The van der Waals surface area contributed by atoms with Gasteiger partial charge in [0.1, 0.15) is 6.04 Å². The first-order valence-corrected chi connectivity index (χ1v) is 23.4. The fourth-order valence-electron chi connectivity index (χ4n) is 12.5. The zero-order valence-electron chi connectivity index (χ0n) is 34.7.